The van der Waals surface area contributed by atoms with E-state index in [-0.39, 0.29) is 17.0 Å². The number of rotatable bonds is 3. The molecule has 2 rings (SSSR count). The molecule has 5 nitrogen and oxygen atoms in total. The average Bonchev–Trinajstić information content (AvgIpc) is 2.46. The summed E-state index contributed by atoms with van der Waals surface area (Å²) in [6.07, 6.45) is 2.59. The molecule has 1 aromatic rings. The van der Waals surface area contributed by atoms with Crippen LogP contribution in [0.15, 0.2) is 27.6 Å². The summed E-state index contributed by atoms with van der Waals surface area (Å²) >= 11 is 3.26. The van der Waals surface area contributed by atoms with Crippen molar-refractivity contribution < 1.29 is 8.42 Å². The van der Waals surface area contributed by atoms with Crippen LogP contribution >= 0.6 is 15.9 Å². The summed E-state index contributed by atoms with van der Waals surface area (Å²) in [5.74, 6) is 0. The molecule has 1 fully saturated rings. The minimum atomic E-state index is -3.64. The van der Waals surface area contributed by atoms with Crippen LogP contribution in [-0.2, 0) is 10.0 Å². The van der Waals surface area contributed by atoms with Gasteiger partial charge in [0.1, 0.15) is 0 Å². The number of hydrogen-bond acceptors (Lipinski definition) is 4. The second-order valence-corrected chi connectivity index (χ2v) is 8.13. The van der Waals surface area contributed by atoms with Crippen LogP contribution in [0.25, 0.3) is 0 Å². The van der Waals surface area contributed by atoms with Gasteiger partial charge < -0.3 is 5.73 Å². The van der Waals surface area contributed by atoms with Gasteiger partial charge in [-0.05, 0) is 38.0 Å². The van der Waals surface area contributed by atoms with Gasteiger partial charge >= 0.3 is 0 Å². The first-order valence-corrected chi connectivity index (χ1v) is 9.07. The second-order valence-electron chi connectivity index (χ2n) is 5.33. The summed E-state index contributed by atoms with van der Waals surface area (Å²) in [6, 6.07) is 6.11. The molecule has 0 amide bonds. The number of benzene rings is 1. The lowest BCUT2D eigenvalue weighted by Crippen LogP contribution is -2.51. The van der Waals surface area contributed by atoms with Gasteiger partial charge in [0, 0.05) is 23.1 Å². The molecule has 0 bridgehead atoms. The Morgan fingerprint density at radius 2 is 2.14 bits per heavy atom. The molecule has 0 aromatic heterocycles. The molecular formula is C14H18BrN3O2S. The fourth-order valence-corrected chi connectivity index (χ4v) is 5.16. The van der Waals surface area contributed by atoms with E-state index in [0.717, 1.165) is 19.3 Å². The molecule has 1 saturated heterocycles. The minimum Gasteiger partial charge on any atom is -0.326 e. The summed E-state index contributed by atoms with van der Waals surface area (Å²) in [4.78, 5) is 0.140. The topological polar surface area (TPSA) is 87.2 Å². The standard InChI is InChI=1S/C14H18BrN3O2S/c1-10(17)14-4-2-3-5-18(14)21(19,20)13-7-11(9-16)6-12(15)8-13/h6-8,10,14H,2-5,17H2,1H3. The van der Waals surface area contributed by atoms with Gasteiger partial charge in [0.15, 0.2) is 0 Å². The third-order valence-electron chi connectivity index (χ3n) is 3.71. The van der Waals surface area contributed by atoms with Crippen LogP contribution in [0.1, 0.15) is 31.7 Å². The monoisotopic (exact) mass is 371 g/mol. The van der Waals surface area contributed by atoms with E-state index in [1.807, 2.05) is 13.0 Å². The minimum absolute atomic E-state index is 0.140. The highest BCUT2D eigenvalue weighted by Gasteiger charge is 2.35. The molecule has 1 heterocycles. The van der Waals surface area contributed by atoms with Gasteiger partial charge in [-0.15, -0.1) is 0 Å². The van der Waals surface area contributed by atoms with E-state index in [1.54, 1.807) is 6.07 Å². The molecule has 21 heavy (non-hydrogen) atoms. The molecule has 1 aliphatic rings. The first-order chi connectivity index (χ1) is 9.86. The Hall–Kier alpha value is -0.940. The number of nitriles is 1. The van der Waals surface area contributed by atoms with Crippen molar-refractivity contribution >= 4 is 26.0 Å². The zero-order chi connectivity index (χ0) is 15.6. The summed E-state index contributed by atoms with van der Waals surface area (Å²) < 4.78 is 27.8. The number of nitrogens with zero attached hydrogens (tertiary/aromatic N) is 2. The van der Waals surface area contributed by atoms with Crippen molar-refractivity contribution in [1.82, 2.24) is 4.31 Å². The van der Waals surface area contributed by atoms with Crippen LogP contribution in [-0.4, -0.2) is 31.4 Å². The Bertz CT molecular complexity index is 667. The fraction of sp³-hybridized carbons (Fsp3) is 0.500. The molecule has 0 spiro atoms. The third kappa shape index (κ3) is 3.46. The fourth-order valence-electron chi connectivity index (χ4n) is 2.67. The van der Waals surface area contributed by atoms with E-state index < -0.39 is 10.0 Å². The maximum atomic E-state index is 12.9. The Morgan fingerprint density at radius 3 is 2.76 bits per heavy atom. The Morgan fingerprint density at radius 1 is 1.43 bits per heavy atom. The number of hydrogen-bond donors (Lipinski definition) is 1. The molecule has 7 heteroatoms. The van der Waals surface area contributed by atoms with Crippen molar-refractivity contribution in [3.05, 3.63) is 28.2 Å². The third-order valence-corrected chi connectivity index (χ3v) is 6.07. The van der Waals surface area contributed by atoms with Gasteiger partial charge in [-0.2, -0.15) is 9.57 Å². The van der Waals surface area contributed by atoms with Crippen molar-refractivity contribution in [2.45, 2.75) is 43.2 Å². The summed E-state index contributed by atoms with van der Waals surface area (Å²) in [7, 11) is -3.64. The number of halogens is 1. The normalized spacial score (nSPS) is 21.7. The molecular weight excluding hydrogens is 354 g/mol. The highest BCUT2D eigenvalue weighted by atomic mass is 79.9. The zero-order valence-electron chi connectivity index (χ0n) is 11.8. The van der Waals surface area contributed by atoms with Crippen molar-refractivity contribution in [2.75, 3.05) is 6.54 Å². The zero-order valence-corrected chi connectivity index (χ0v) is 14.2. The second kappa shape index (κ2) is 6.44. The van der Waals surface area contributed by atoms with E-state index in [4.69, 9.17) is 11.0 Å². The van der Waals surface area contributed by atoms with E-state index in [9.17, 15) is 8.42 Å². The molecule has 2 unspecified atom stereocenters. The van der Waals surface area contributed by atoms with Crippen molar-refractivity contribution in [3.63, 3.8) is 0 Å². The van der Waals surface area contributed by atoms with E-state index >= 15 is 0 Å². The quantitative estimate of drug-likeness (QED) is 0.881. The predicted octanol–water partition coefficient (Wildman–Crippen LogP) is 2.21. The van der Waals surface area contributed by atoms with Gasteiger partial charge in [-0.3, -0.25) is 0 Å². The number of nitrogens with two attached hydrogens (primary N) is 1. The predicted molar refractivity (Wildman–Crippen MR) is 84.0 cm³/mol. The number of sulfonamides is 1. The van der Waals surface area contributed by atoms with Crippen LogP contribution in [0.2, 0.25) is 0 Å². The van der Waals surface area contributed by atoms with Crippen LogP contribution in [0.4, 0.5) is 0 Å². The largest absolute Gasteiger partial charge is 0.326 e. The van der Waals surface area contributed by atoms with E-state index in [0.29, 0.717) is 16.6 Å². The number of piperidine rings is 1. The smallest absolute Gasteiger partial charge is 0.243 e. The summed E-state index contributed by atoms with van der Waals surface area (Å²) in [5.41, 5.74) is 6.27. The van der Waals surface area contributed by atoms with Crippen LogP contribution < -0.4 is 5.73 Å². The highest BCUT2D eigenvalue weighted by molar-refractivity contribution is 9.10. The van der Waals surface area contributed by atoms with Gasteiger partial charge in [0.2, 0.25) is 10.0 Å². The molecule has 0 radical (unpaired) electrons. The van der Waals surface area contributed by atoms with Gasteiger partial charge in [-0.25, -0.2) is 8.42 Å². The Kier molecular flexibility index (Phi) is 5.04. The maximum absolute atomic E-state index is 12.9. The molecule has 1 aliphatic heterocycles. The lowest BCUT2D eigenvalue weighted by molar-refractivity contribution is 0.227. The van der Waals surface area contributed by atoms with Crippen molar-refractivity contribution in [2.24, 2.45) is 5.73 Å². The average molecular weight is 372 g/mol. The molecule has 0 saturated carbocycles. The first-order valence-electron chi connectivity index (χ1n) is 6.84. The molecule has 2 N–H and O–H groups in total. The van der Waals surface area contributed by atoms with Crippen LogP contribution in [0.3, 0.4) is 0 Å². The van der Waals surface area contributed by atoms with E-state index in [1.165, 1.54) is 16.4 Å². The van der Waals surface area contributed by atoms with E-state index in [2.05, 4.69) is 15.9 Å². The van der Waals surface area contributed by atoms with Gasteiger partial charge in [-0.1, -0.05) is 22.4 Å². The lowest BCUT2D eigenvalue weighted by atomic mass is 10.00. The Labute approximate surface area is 133 Å². The molecule has 2 atom stereocenters. The lowest BCUT2D eigenvalue weighted by Gasteiger charge is -2.36. The highest BCUT2D eigenvalue weighted by Crippen LogP contribution is 2.28. The van der Waals surface area contributed by atoms with Crippen molar-refractivity contribution in [1.29, 1.82) is 5.26 Å². The van der Waals surface area contributed by atoms with Crippen molar-refractivity contribution in [3.8, 4) is 6.07 Å². The van der Waals surface area contributed by atoms with Gasteiger partial charge in [0.05, 0.1) is 16.5 Å². The first kappa shape index (κ1) is 16.4. The van der Waals surface area contributed by atoms with Crippen LogP contribution in [0.5, 0.6) is 0 Å². The Balaban J connectivity index is 2.45. The summed E-state index contributed by atoms with van der Waals surface area (Å²) in [6.45, 7) is 2.31. The maximum Gasteiger partial charge on any atom is 0.243 e. The SMILES string of the molecule is CC(N)C1CCCCN1S(=O)(=O)c1cc(Br)cc(C#N)c1. The molecule has 114 valence electrons. The molecule has 0 aliphatic carbocycles. The summed E-state index contributed by atoms with van der Waals surface area (Å²) in [5, 5.41) is 9.00. The van der Waals surface area contributed by atoms with Gasteiger partial charge in [0.25, 0.3) is 0 Å². The molecule has 1 aromatic carbocycles. The van der Waals surface area contributed by atoms with Crippen LogP contribution in [0, 0.1) is 11.3 Å².